The number of rotatable bonds is 6. The number of hydrogen-bond acceptors (Lipinski definition) is 3. The first-order valence-electron chi connectivity index (χ1n) is 5.51. The smallest absolute Gasteiger partial charge is 0.250 e. The summed E-state index contributed by atoms with van der Waals surface area (Å²) in [6, 6.07) is 0. The van der Waals surface area contributed by atoms with Gasteiger partial charge in [-0.05, 0) is 19.8 Å². The maximum atomic E-state index is 11.6. The summed E-state index contributed by atoms with van der Waals surface area (Å²) in [7, 11) is 3.45. The van der Waals surface area contributed by atoms with Gasteiger partial charge in [0, 0.05) is 20.6 Å². The molecule has 0 spiro atoms. The number of hydrogen-bond donors (Lipinski definition) is 1. The van der Waals surface area contributed by atoms with Gasteiger partial charge in [-0.3, -0.25) is 4.79 Å². The molecule has 0 radical (unpaired) electrons. The molecule has 0 heterocycles. The van der Waals surface area contributed by atoms with E-state index < -0.39 is 6.10 Å². The highest BCUT2D eigenvalue weighted by Gasteiger charge is 2.30. The summed E-state index contributed by atoms with van der Waals surface area (Å²) in [6.07, 6.45) is 1.22. The average Bonchev–Trinajstić information content (AvgIpc) is 2.24. The first-order valence-corrected chi connectivity index (χ1v) is 5.51. The van der Waals surface area contributed by atoms with Crippen molar-refractivity contribution in [2.45, 2.75) is 45.3 Å². The van der Waals surface area contributed by atoms with Gasteiger partial charge in [0.25, 0.3) is 5.91 Å². The summed E-state index contributed by atoms with van der Waals surface area (Å²) in [5.74, 6) is -0.0188. The lowest BCUT2D eigenvalue weighted by Gasteiger charge is -2.33. The lowest BCUT2D eigenvalue weighted by molar-refractivity contribution is -0.153. The van der Waals surface area contributed by atoms with E-state index in [0.29, 0.717) is 6.54 Å². The van der Waals surface area contributed by atoms with Gasteiger partial charge in [0.1, 0.15) is 6.10 Å². The van der Waals surface area contributed by atoms with Crippen molar-refractivity contribution in [1.82, 2.24) is 4.90 Å². The van der Waals surface area contributed by atoms with Crippen molar-refractivity contribution < 1.29 is 9.53 Å². The van der Waals surface area contributed by atoms with Crippen LogP contribution in [0.1, 0.15) is 33.6 Å². The molecule has 0 aliphatic rings. The fourth-order valence-electron chi connectivity index (χ4n) is 1.54. The Kier molecular flexibility index (Phi) is 5.83. The summed E-state index contributed by atoms with van der Waals surface area (Å²) in [5.41, 5.74) is 5.35. The van der Waals surface area contributed by atoms with Crippen molar-refractivity contribution in [3.63, 3.8) is 0 Å². The highest BCUT2D eigenvalue weighted by Crippen LogP contribution is 2.21. The van der Waals surface area contributed by atoms with E-state index >= 15 is 0 Å². The number of carbonyl (C=O) groups excluding carboxylic acids is 1. The maximum Gasteiger partial charge on any atom is 0.250 e. The van der Waals surface area contributed by atoms with Gasteiger partial charge in [-0.1, -0.05) is 13.8 Å². The minimum Gasteiger partial charge on any atom is -0.361 e. The standard InChI is InChI=1S/C11H24N2O2/c1-6-11(7-2,8-12)15-9(3)10(14)13(4)5/h9H,6-8,12H2,1-5H3. The highest BCUT2D eigenvalue weighted by atomic mass is 16.5. The molecule has 4 nitrogen and oxygen atoms in total. The molecule has 0 aromatic carbocycles. The van der Waals surface area contributed by atoms with Crippen molar-refractivity contribution in [1.29, 1.82) is 0 Å². The number of nitrogens with zero attached hydrogens (tertiary/aromatic N) is 1. The first-order chi connectivity index (χ1) is 6.92. The Bertz CT molecular complexity index is 192. The van der Waals surface area contributed by atoms with E-state index in [9.17, 15) is 4.79 Å². The van der Waals surface area contributed by atoms with Crippen LogP contribution in [-0.2, 0) is 9.53 Å². The van der Waals surface area contributed by atoms with Gasteiger partial charge in [0.05, 0.1) is 5.60 Å². The minimum atomic E-state index is -0.427. The third-order valence-corrected chi connectivity index (χ3v) is 2.88. The van der Waals surface area contributed by atoms with Crippen molar-refractivity contribution in [3.8, 4) is 0 Å². The summed E-state index contributed by atoms with van der Waals surface area (Å²) < 4.78 is 5.79. The van der Waals surface area contributed by atoms with Gasteiger partial charge in [0.2, 0.25) is 0 Å². The number of ether oxygens (including phenoxy) is 1. The summed E-state index contributed by atoms with van der Waals surface area (Å²) in [4.78, 5) is 13.2. The lowest BCUT2D eigenvalue weighted by Crippen LogP contribution is -2.46. The van der Waals surface area contributed by atoms with Crippen molar-refractivity contribution >= 4 is 5.91 Å². The van der Waals surface area contributed by atoms with Gasteiger partial charge in [-0.15, -0.1) is 0 Å². The quantitative estimate of drug-likeness (QED) is 0.720. The molecule has 1 atom stereocenters. The molecule has 0 saturated carbocycles. The van der Waals surface area contributed by atoms with E-state index in [4.69, 9.17) is 10.5 Å². The summed E-state index contributed by atoms with van der Waals surface area (Å²) in [5, 5.41) is 0. The molecule has 1 amide bonds. The SMILES string of the molecule is CCC(CC)(CN)OC(C)C(=O)N(C)C. The molecule has 1 unspecified atom stereocenters. The van der Waals surface area contributed by atoms with Gasteiger partial charge >= 0.3 is 0 Å². The zero-order chi connectivity index (χ0) is 12.1. The third-order valence-electron chi connectivity index (χ3n) is 2.88. The van der Waals surface area contributed by atoms with Crippen LogP contribution in [0.2, 0.25) is 0 Å². The Balaban J connectivity index is 4.48. The van der Waals surface area contributed by atoms with Crippen LogP contribution in [0.15, 0.2) is 0 Å². The Hall–Kier alpha value is -0.610. The monoisotopic (exact) mass is 216 g/mol. The van der Waals surface area contributed by atoms with Gasteiger partial charge < -0.3 is 15.4 Å². The normalized spacial score (nSPS) is 13.7. The number of carbonyl (C=O) groups is 1. The van der Waals surface area contributed by atoms with Crippen LogP contribution in [0.5, 0.6) is 0 Å². The van der Waals surface area contributed by atoms with Crippen molar-refractivity contribution in [3.05, 3.63) is 0 Å². The van der Waals surface area contributed by atoms with E-state index in [0.717, 1.165) is 12.8 Å². The second kappa shape index (κ2) is 6.08. The van der Waals surface area contributed by atoms with Crippen molar-refractivity contribution in [2.24, 2.45) is 5.73 Å². The fourth-order valence-corrected chi connectivity index (χ4v) is 1.54. The average molecular weight is 216 g/mol. The van der Waals surface area contributed by atoms with Crippen LogP contribution in [0.3, 0.4) is 0 Å². The van der Waals surface area contributed by atoms with E-state index in [1.54, 1.807) is 21.0 Å². The summed E-state index contributed by atoms with van der Waals surface area (Å²) >= 11 is 0. The predicted octanol–water partition coefficient (Wildman–Crippen LogP) is 0.997. The lowest BCUT2D eigenvalue weighted by atomic mass is 9.97. The third kappa shape index (κ3) is 3.80. The molecule has 90 valence electrons. The molecule has 2 N–H and O–H groups in total. The molecule has 0 saturated heterocycles. The van der Waals surface area contributed by atoms with Crippen molar-refractivity contribution in [2.75, 3.05) is 20.6 Å². The summed E-state index contributed by atoms with van der Waals surface area (Å²) in [6.45, 7) is 6.29. The number of amides is 1. The zero-order valence-corrected chi connectivity index (χ0v) is 10.5. The Morgan fingerprint density at radius 3 is 2.13 bits per heavy atom. The van der Waals surface area contributed by atoms with Crippen LogP contribution < -0.4 is 5.73 Å². The van der Waals surface area contributed by atoms with Crippen LogP contribution >= 0.6 is 0 Å². The topological polar surface area (TPSA) is 55.6 Å². The second-order valence-corrected chi connectivity index (χ2v) is 4.09. The molecule has 0 fully saturated rings. The highest BCUT2D eigenvalue weighted by molar-refractivity contribution is 5.80. The molecule has 15 heavy (non-hydrogen) atoms. The van der Waals surface area contributed by atoms with Gasteiger partial charge in [-0.25, -0.2) is 0 Å². The minimum absolute atomic E-state index is 0.0188. The van der Waals surface area contributed by atoms with Crippen LogP contribution in [-0.4, -0.2) is 43.2 Å². The number of nitrogens with two attached hydrogens (primary N) is 1. The number of likely N-dealkylation sites (N-methyl/N-ethyl adjacent to an activating group) is 1. The second-order valence-electron chi connectivity index (χ2n) is 4.09. The molecular formula is C11H24N2O2. The van der Waals surface area contributed by atoms with Crippen LogP contribution in [0.4, 0.5) is 0 Å². The van der Waals surface area contributed by atoms with E-state index in [2.05, 4.69) is 0 Å². The van der Waals surface area contributed by atoms with E-state index in [1.807, 2.05) is 13.8 Å². The van der Waals surface area contributed by atoms with E-state index in [1.165, 1.54) is 4.90 Å². The Morgan fingerprint density at radius 1 is 1.40 bits per heavy atom. The zero-order valence-electron chi connectivity index (χ0n) is 10.5. The Morgan fingerprint density at radius 2 is 1.87 bits per heavy atom. The molecule has 0 aliphatic carbocycles. The molecule has 0 aromatic heterocycles. The molecular weight excluding hydrogens is 192 g/mol. The fraction of sp³-hybridized carbons (Fsp3) is 0.909. The van der Waals surface area contributed by atoms with E-state index in [-0.39, 0.29) is 11.5 Å². The molecule has 0 rings (SSSR count). The Labute approximate surface area is 92.8 Å². The first kappa shape index (κ1) is 14.4. The molecule has 0 bridgehead atoms. The van der Waals surface area contributed by atoms with Gasteiger partial charge in [0.15, 0.2) is 0 Å². The largest absolute Gasteiger partial charge is 0.361 e. The van der Waals surface area contributed by atoms with Gasteiger partial charge in [-0.2, -0.15) is 0 Å². The predicted molar refractivity (Wildman–Crippen MR) is 61.6 cm³/mol. The van der Waals surface area contributed by atoms with Crippen LogP contribution in [0.25, 0.3) is 0 Å². The van der Waals surface area contributed by atoms with Crippen LogP contribution in [0, 0.1) is 0 Å². The maximum absolute atomic E-state index is 11.6. The molecule has 0 aromatic rings. The molecule has 0 aliphatic heterocycles. The molecule has 4 heteroatoms.